The van der Waals surface area contributed by atoms with Gasteiger partial charge in [-0.25, -0.2) is 0 Å². The summed E-state index contributed by atoms with van der Waals surface area (Å²) in [5.41, 5.74) is 0. The van der Waals surface area contributed by atoms with E-state index >= 15 is 0 Å². The average molecular weight is 145 g/mol. The Morgan fingerprint density at radius 3 is 2.30 bits per heavy atom. The van der Waals surface area contributed by atoms with Crippen LogP contribution in [0.5, 0.6) is 0 Å². The van der Waals surface area contributed by atoms with Crippen LogP contribution in [-0.4, -0.2) is 12.6 Å². The minimum Gasteiger partial charge on any atom is -0.465 e. The number of hydrogen-bond acceptors (Lipinski definition) is 3. The molecule has 0 aromatic carbocycles. The fourth-order valence-corrected chi connectivity index (χ4v) is 1.28. The second-order valence-corrected chi connectivity index (χ2v) is 2.49. The molecule has 0 unspecified atom stereocenters. The van der Waals surface area contributed by atoms with Gasteiger partial charge in [-0.15, -0.1) is 0 Å². The lowest BCUT2D eigenvalue weighted by Gasteiger charge is -2.18. The van der Waals surface area contributed by atoms with E-state index in [0.29, 0.717) is 6.47 Å². The highest BCUT2D eigenvalue weighted by atomic mass is 16.5. The molecule has 1 fully saturated rings. The summed E-state index contributed by atoms with van der Waals surface area (Å²) in [5.74, 6) is 0. The summed E-state index contributed by atoms with van der Waals surface area (Å²) >= 11 is 0. The average Bonchev–Trinajstić information content (AvgIpc) is 1.91. The molecule has 0 aromatic heterocycles. The first-order valence-corrected chi connectivity index (χ1v) is 3.52. The Kier molecular flexibility index (Phi) is 4.94. The Balaban J connectivity index is 0.000000810. The molecule has 3 N–H and O–H groups in total. The Bertz CT molecular complexity index is 89.6. The van der Waals surface area contributed by atoms with Gasteiger partial charge in [0, 0.05) is 0 Å². The minimum atomic E-state index is 0. The first-order valence-electron chi connectivity index (χ1n) is 3.52. The van der Waals surface area contributed by atoms with E-state index in [1.807, 2.05) is 0 Å². The highest BCUT2D eigenvalue weighted by Gasteiger charge is 2.12. The van der Waals surface area contributed by atoms with Gasteiger partial charge in [0.2, 0.25) is 0 Å². The van der Waals surface area contributed by atoms with E-state index < -0.39 is 0 Å². The van der Waals surface area contributed by atoms with Crippen molar-refractivity contribution in [3.8, 4) is 0 Å². The largest absolute Gasteiger partial charge is 0.465 e. The predicted octanol–water partition coefficient (Wildman–Crippen LogP) is 1.65. The maximum Gasteiger partial charge on any atom is 0.293 e. The maximum atomic E-state index is 9.85. The number of hydrogen-bond donors (Lipinski definition) is 1. The molecule has 0 aliphatic heterocycles. The molecule has 3 heteroatoms. The van der Waals surface area contributed by atoms with Gasteiger partial charge in [-0.1, -0.05) is 6.42 Å². The van der Waals surface area contributed by atoms with Gasteiger partial charge in [0.1, 0.15) is 6.10 Å². The topological polar surface area (TPSA) is 61.3 Å². The third-order valence-electron chi connectivity index (χ3n) is 1.80. The van der Waals surface area contributed by atoms with Crippen LogP contribution in [-0.2, 0) is 9.53 Å². The fraction of sp³-hybridized carbons (Fsp3) is 0.857. The minimum absolute atomic E-state index is 0. The van der Waals surface area contributed by atoms with Crippen molar-refractivity contribution in [2.75, 3.05) is 0 Å². The van der Waals surface area contributed by atoms with E-state index in [1.165, 1.54) is 19.3 Å². The number of carbonyl (C=O) groups excluding carboxylic acids is 1. The fourth-order valence-electron chi connectivity index (χ4n) is 1.28. The van der Waals surface area contributed by atoms with E-state index in [0.717, 1.165) is 12.8 Å². The van der Waals surface area contributed by atoms with Crippen molar-refractivity contribution in [2.24, 2.45) is 0 Å². The number of carbonyl (C=O) groups is 1. The van der Waals surface area contributed by atoms with Crippen molar-refractivity contribution >= 4 is 6.47 Å². The van der Waals surface area contributed by atoms with E-state index in [1.54, 1.807) is 0 Å². The van der Waals surface area contributed by atoms with Crippen LogP contribution in [0.4, 0.5) is 0 Å². The lowest BCUT2D eigenvalue weighted by atomic mass is 9.98. The van der Waals surface area contributed by atoms with E-state index in [2.05, 4.69) is 0 Å². The third kappa shape index (κ3) is 2.82. The Labute approximate surface area is 61.3 Å². The normalized spacial score (nSPS) is 19.2. The predicted molar refractivity (Wildman–Crippen MR) is 39.0 cm³/mol. The van der Waals surface area contributed by atoms with Crippen LogP contribution in [0.1, 0.15) is 32.1 Å². The Hall–Kier alpha value is -0.570. The van der Waals surface area contributed by atoms with Crippen molar-refractivity contribution in [3.05, 3.63) is 0 Å². The molecule has 0 saturated heterocycles. The first kappa shape index (κ1) is 9.43. The molecule has 60 valence electrons. The van der Waals surface area contributed by atoms with Gasteiger partial charge in [-0.2, -0.15) is 0 Å². The molecule has 1 rings (SSSR count). The van der Waals surface area contributed by atoms with Gasteiger partial charge < -0.3 is 10.9 Å². The molecule has 1 aliphatic carbocycles. The Morgan fingerprint density at radius 1 is 1.20 bits per heavy atom. The molecule has 3 nitrogen and oxygen atoms in total. The summed E-state index contributed by atoms with van der Waals surface area (Å²) in [7, 11) is 0. The molecule has 0 radical (unpaired) electrons. The molecule has 1 aliphatic rings. The first-order chi connectivity index (χ1) is 4.43. The van der Waals surface area contributed by atoms with Gasteiger partial charge in [0.05, 0.1) is 0 Å². The summed E-state index contributed by atoms with van der Waals surface area (Å²) in [4.78, 5) is 9.85. The molecule has 0 aromatic rings. The summed E-state index contributed by atoms with van der Waals surface area (Å²) in [5, 5.41) is 0. The molecule has 0 amide bonds. The van der Waals surface area contributed by atoms with Crippen LogP contribution in [0.3, 0.4) is 0 Å². The van der Waals surface area contributed by atoms with Gasteiger partial charge in [-0.3, -0.25) is 4.79 Å². The van der Waals surface area contributed by atoms with Crippen LogP contribution in [0, 0.1) is 0 Å². The molecule has 1 saturated carbocycles. The highest BCUT2D eigenvalue weighted by Crippen LogP contribution is 2.19. The summed E-state index contributed by atoms with van der Waals surface area (Å²) < 4.78 is 4.80. The maximum absolute atomic E-state index is 9.85. The zero-order chi connectivity index (χ0) is 6.53. The monoisotopic (exact) mass is 145 g/mol. The van der Waals surface area contributed by atoms with Crippen molar-refractivity contribution in [1.29, 1.82) is 0 Å². The number of ether oxygens (including phenoxy) is 1. The van der Waals surface area contributed by atoms with Crippen LogP contribution < -0.4 is 6.15 Å². The lowest BCUT2D eigenvalue weighted by Crippen LogP contribution is -2.15. The zero-order valence-electron chi connectivity index (χ0n) is 6.21. The highest BCUT2D eigenvalue weighted by molar-refractivity contribution is 5.37. The summed E-state index contributed by atoms with van der Waals surface area (Å²) in [6.07, 6.45) is 6.11. The smallest absolute Gasteiger partial charge is 0.293 e. The Morgan fingerprint density at radius 2 is 1.80 bits per heavy atom. The third-order valence-corrected chi connectivity index (χ3v) is 1.80. The van der Waals surface area contributed by atoms with Crippen molar-refractivity contribution < 1.29 is 9.53 Å². The quantitative estimate of drug-likeness (QED) is 0.601. The van der Waals surface area contributed by atoms with Crippen LogP contribution in [0.2, 0.25) is 0 Å². The summed E-state index contributed by atoms with van der Waals surface area (Å²) in [6.45, 7) is 0.565. The SMILES string of the molecule is N.O=COC1CCCCC1. The molecular weight excluding hydrogens is 130 g/mol. The van der Waals surface area contributed by atoms with Crippen LogP contribution in [0.15, 0.2) is 0 Å². The van der Waals surface area contributed by atoms with Crippen molar-refractivity contribution in [2.45, 2.75) is 38.2 Å². The van der Waals surface area contributed by atoms with Crippen LogP contribution >= 0.6 is 0 Å². The van der Waals surface area contributed by atoms with Gasteiger partial charge in [0.25, 0.3) is 6.47 Å². The van der Waals surface area contributed by atoms with Gasteiger partial charge in [-0.05, 0) is 25.7 Å². The van der Waals surface area contributed by atoms with Crippen molar-refractivity contribution in [3.63, 3.8) is 0 Å². The van der Waals surface area contributed by atoms with Crippen LogP contribution in [0.25, 0.3) is 0 Å². The second-order valence-electron chi connectivity index (χ2n) is 2.49. The lowest BCUT2D eigenvalue weighted by molar-refractivity contribution is -0.134. The summed E-state index contributed by atoms with van der Waals surface area (Å²) in [6, 6.07) is 0. The van der Waals surface area contributed by atoms with Gasteiger partial charge >= 0.3 is 0 Å². The molecule has 0 spiro atoms. The van der Waals surface area contributed by atoms with E-state index in [9.17, 15) is 4.79 Å². The molecule has 10 heavy (non-hydrogen) atoms. The van der Waals surface area contributed by atoms with E-state index in [-0.39, 0.29) is 12.3 Å². The molecule has 0 atom stereocenters. The second kappa shape index (κ2) is 5.23. The standard InChI is InChI=1S/C7H12O2.H3N/c8-6-9-7-4-2-1-3-5-7;/h6-7H,1-5H2;1H3. The molecule has 0 heterocycles. The molecular formula is C7H15NO2. The van der Waals surface area contributed by atoms with E-state index in [4.69, 9.17) is 4.74 Å². The van der Waals surface area contributed by atoms with Crippen molar-refractivity contribution in [1.82, 2.24) is 6.15 Å². The van der Waals surface area contributed by atoms with Gasteiger partial charge in [0.15, 0.2) is 0 Å². The number of rotatable bonds is 2. The zero-order valence-corrected chi connectivity index (χ0v) is 6.21. The molecule has 0 bridgehead atoms.